The summed E-state index contributed by atoms with van der Waals surface area (Å²) in [7, 11) is 0. The first kappa shape index (κ1) is 13.0. The number of carbonyl (C=O) groups excluding carboxylic acids is 1. The number of carboxylic acids is 1. The summed E-state index contributed by atoms with van der Waals surface area (Å²) >= 11 is 5.75. The molecule has 1 heterocycles. The second-order valence-corrected chi connectivity index (χ2v) is 3.22. The van der Waals surface area contributed by atoms with E-state index < -0.39 is 12.1 Å². The molecule has 0 aliphatic rings. The number of hydrogen-bond acceptors (Lipinski definition) is 4. The molecule has 1 rings (SSSR count). The van der Waals surface area contributed by atoms with Crippen molar-refractivity contribution in [2.24, 2.45) is 0 Å². The van der Waals surface area contributed by atoms with E-state index in [1.807, 2.05) is 0 Å². The lowest BCUT2D eigenvalue weighted by Gasteiger charge is -2.07. The van der Waals surface area contributed by atoms with E-state index in [4.69, 9.17) is 16.7 Å². The molecule has 0 fully saturated rings. The Bertz CT molecular complexity index is 462. The van der Waals surface area contributed by atoms with Crippen LogP contribution in [0.1, 0.15) is 10.5 Å². The van der Waals surface area contributed by atoms with Crippen LogP contribution in [0.25, 0.3) is 0 Å². The molecular weight excluding hydrogens is 248 g/mol. The van der Waals surface area contributed by atoms with Crippen molar-refractivity contribution in [3.63, 3.8) is 0 Å². The Labute approximate surface area is 102 Å². The summed E-state index contributed by atoms with van der Waals surface area (Å²) in [6, 6.07) is 1.37. The molecule has 0 saturated heterocycles. The molecule has 7 heteroatoms. The van der Waals surface area contributed by atoms with Crippen molar-refractivity contribution in [1.29, 1.82) is 0 Å². The van der Waals surface area contributed by atoms with Gasteiger partial charge in [-0.05, 0) is 6.07 Å². The SMILES string of the molecule is C=CCOC(=O)Nc1ccnc(C(=O)O)c1Cl. The van der Waals surface area contributed by atoms with Gasteiger partial charge in [0, 0.05) is 6.20 Å². The molecule has 1 aromatic heterocycles. The van der Waals surface area contributed by atoms with Crippen molar-refractivity contribution in [2.75, 3.05) is 11.9 Å². The molecule has 2 N–H and O–H groups in total. The van der Waals surface area contributed by atoms with Gasteiger partial charge in [0.25, 0.3) is 0 Å². The fourth-order valence-electron chi connectivity index (χ4n) is 0.970. The van der Waals surface area contributed by atoms with Gasteiger partial charge in [-0.15, -0.1) is 0 Å². The van der Waals surface area contributed by atoms with Crippen LogP contribution < -0.4 is 5.32 Å². The first-order valence-electron chi connectivity index (χ1n) is 4.48. The normalized spacial score (nSPS) is 9.47. The van der Waals surface area contributed by atoms with Gasteiger partial charge >= 0.3 is 12.1 Å². The van der Waals surface area contributed by atoms with E-state index in [2.05, 4.69) is 21.6 Å². The second-order valence-electron chi connectivity index (χ2n) is 2.84. The zero-order valence-corrected chi connectivity index (χ0v) is 9.40. The lowest BCUT2D eigenvalue weighted by atomic mass is 10.3. The third kappa shape index (κ3) is 3.46. The highest BCUT2D eigenvalue weighted by Crippen LogP contribution is 2.24. The number of carboxylic acid groups (broad SMARTS) is 1. The van der Waals surface area contributed by atoms with Crippen LogP contribution in [-0.4, -0.2) is 28.8 Å². The van der Waals surface area contributed by atoms with Crippen LogP contribution >= 0.6 is 11.6 Å². The van der Waals surface area contributed by atoms with Gasteiger partial charge in [-0.1, -0.05) is 24.3 Å². The summed E-state index contributed by atoms with van der Waals surface area (Å²) in [6.45, 7) is 3.42. The van der Waals surface area contributed by atoms with Crippen molar-refractivity contribution in [3.05, 3.63) is 35.6 Å². The van der Waals surface area contributed by atoms with Crippen LogP contribution in [0, 0.1) is 0 Å². The summed E-state index contributed by atoms with van der Waals surface area (Å²) in [5, 5.41) is 10.9. The number of ether oxygens (including phenoxy) is 1. The monoisotopic (exact) mass is 256 g/mol. The van der Waals surface area contributed by atoms with E-state index in [0.29, 0.717) is 0 Å². The Morgan fingerprint density at radius 3 is 2.94 bits per heavy atom. The number of nitrogens with one attached hydrogen (secondary N) is 1. The second kappa shape index (κ2) is 5.86. The molecule has 6 nitrogen and oxygen atoms in total. The van der Waals surface area contributed by atoms with Gasteiger partial charge in [0.05, 0.1) is 10.7 Å². The number of aromatic carboxylic acids is 1. The van der Waals surface area contributed by atoms with Gasteiger partial charge in [-0.3, -0.25) is 5.32 Å². The average molecular weight is 257 g/mol. The summed E-state index contributed by atoms with van der Waals surface area (Å²) in [6.07, 6.45) is 1.86. The van der Waals surface area contributed by atoms with Crippen molar-refractivity contribution in [2.45, 2.75) is 0 Å². The molecule has 0 radical (unpaired) electrons. The van der Waals surface area contributed by atoms with Gasteiger partial charge in [-0.2, -0.15) is 0 Å². The average Bonchev–Trinajstić information content (AvgIpc) is 2.28. The van der Waals surface area contributed by atoms with Crippen LogP contribution in [0.5, 0.6) is 0 Å². The fourth-order valence-corrected chi connectivity index (χ4v) is 1.21. The molecule has 0 aliphatic carbocycles. The number of rotatable bonds is 4. The summed E-state index contributed by atoms with van der Waals surface area (Å²) < 4.78 is 4.66. The van der Waals surface area contributed by atoms with Crippen molar-refractivity contribution >= 4 is 29.4 Å². The number of anilines is 1. The molecule has 0 spiro atoms. The van der Waals surface area contributed by atoms with Crippen molar-refractivity contribution in [1.82, 2.24) is 4.98 Å². The molecule has 0 unspecified atom stereocenters. The van der Waals surface area contributed by atoms with E-state index in [1.54, 1.807) is 0 Å². The van der Waals surface area contributed by atoms with Gasteiger partial charge < -0.3 is 9.84 Å². The molecule has 90 valence electrons. The van der Waals surface area contributed by atoms with Gasteiger partial charge in [0.2, 0.25) is 0 Å². The molecule has 0 aromatic carbocycles. The maximum atomic E-state index is 11.2. The molecule has 17 heavy (non-hydrogen) atoms. The fraction of sp³-hybridized carbons (Fsp3) is 0.100. The molecule has 0 atom stereocenters. The zero-order chi connectivity index (χ0) is 12.8. The third-order valence-corrected chi connectivity index (χ3v) is 2.04. The minimum atomic E-state index is -1.28. The van der Waals surface area contributed by atoms with Crippen LogP contribution in [0.3, 0.4) is 0 Å². The Morgan fingerprint density at radius 1 is 1.65 bits per heavy atom. The first-order chi connectivity index (χ1) is 8.06. The molecule has 0 aliphatic heterocycles. The number of amides is 1. The predicted molar refractivity (Wildman–Crippen MR) is 61.4 cm³/mol. The minimum Gasteiger partial charge on any atom is -0.476 e. The van der Waals surface area contributed by atoms with Crippen LogP contribution in [-0.2, 0) is 4.74 Å². The molecule has 1 amide bonds. The number of aromatic nitrogens is 1. The number of carbonyl (C=O) groups is 2. The minimum absolute atomic E-state index is 0.0420. The predicted octanol–water partition coefficient (Wildman–Crippen LogP) is 2.17. The molecule has 0 bridgehead atoms. The van der Waals surface area contributed by atoms with Gasteiger partial charge in [0.15, 0.2) is 5.69 Å². The highest BCUT2D eigenvalue weighted by molar-refractivity contribution is 6.36. The van der Waals surface area contributed by atoms with Crippen LogP contribution in [0.15, 0.2) is 24.9 Å². The van der Waals surface area contributed by atoms with E-state index in [0.717, 1.165) is 0 Å². The smallest absolute Gasteiger partial charge is 0.411 e. The van der Waals surface area contributed by atoms with Crippen LogP contribution in [0.4, 0.5) is 10.5 Å². The lowest BCUT2D eigenvalue weighted by molar-refractivity contribution is 0.0690. The first-order valence-corrected chi connectivity index (χ1v) is 4.86. The number of halogens is 1. The lowest BCUT2D eigenvalue weighted by Crippen LogP contribution is -2.15. The van der Waals surface area contributed by atoms with E-state index in [1.165, 1.54) is 18.3 Å². The number of pyridine rings is 1. The Hall–Kier alpha value is -2.08. The maximum absolute atomic E-state index is 11.2. The van der Waals surface area contributed by atoms with E-state index in [9.17, 15) is 9.59 Å². The molecule has 1 aromatic rings. The molecular formula is C10H9ClN2O4. The highest BCUT2D eigenvalue weighted by atomic mass is 35.5. The van der Waals surface area contributed by atoms with Gasteiger partial charge in [-0.25, -0.2) is 14.6 Å². The maximum Gasteiger partial charge on any atom is 0.411 e. The van der Waals surface area contributed by atoms with E-state index in [-0.39, 0.29) is 23.0 Å². The quantitative estimate of drug-likeness (QED) is 0.806. The third-order valence-electron chi connectivity index (χ3n) is 1.66. The number of nitrogens with zero attached hydrogens (tertiary/aromatic N) is 1. The van der Waals surface area contributed by atoms with E-state index >= 15 is 0 Å². The highest BCUT2D eigenvalue weighted by Gasteiger charge is 2.15. The number of hydrogen-bond donors (Lipinski definition) is 2. The van der Waals surface area contributed by atoms with Gasteiger partial charge in [0.1, 0.15) is 6.61 Å². The summed E-state index contributed by atoms with van der Waals surface area (Å²) in [4.78, 5) is 25.5. The summed E-state index contributed by atoms with van der Waals surface area (Å²) in [5.74, 6) is -1.28. The van der Waals surface area contributed by atoms with Crippen molar-refractivity contribution < 1.29 is 19.4 Å². The standard InChI is InChI=1S/C10H9ClN2O4/c1-2-5-17-10(16)13-6-3-4-12-8(7(6)11)9(14)15/h2-4H,1,5H2,(H,14,15)(H,12,13,16). The summed E-state index contributed by atoms with van der Waals surface area (Å²) in [5.41, 5.74) is -0.221. The Balaban J connectivity index is 2.85. The Kier molecular flexibility index (Phi) is 4.47. The topological polar surface area (TPSA) is 88.5 Å². The zero-order valence-electron chi connectivity index (χ0n) is 8.64. The molecule has 0 saturated carbocycles. The largest absolute Gasteiger partial charge is 0.476 e. The van der Waals surface area contributed by atoms with Crippen LogP contribution in [0.2, 0.25) is 5.02 Å². The Morgan fingerprint density at radius 2 is 2.35 bits per heavy atom. The van der Waals surface area contributed by atoms with Crippen molar-refractivity contribution in [3.8, 4) is 0 Å².